The predicted octanol–water partition coefficient (Wildman–Crippen LogP) is 1.96. The van der Waals surface area contributed by atoms with Gasteiger partial charge in [0.05, 0.1) is 19.4 Å². The molecule has 0 spiro atoms. The van der Waals surface area contributed by atoms with Gasteiger partial charge < -0.3 is 15.2 Å². The number of nitrogens with one attached hydrogen (secondary N) is 1. The maximum absolute atomic E-state index is 14.4. The molecule has 3 N–H and O–H groups in total. The fourth-order valence-electron chi connectivity index (χ4n) is 1.92. The van der Waals surface area contributed by atoms with Gasteiger partial charge in [-0.3, -0.25) is 5.10 Å². The lowest BCUT2D eigenvalue weighted by molar-refractivity contribution is 0.292. The van der Waals surface area contributed by atoms with Crippen molar-refractivity contribution in [1.82, 2.24) is 10.2 Å². The Labute approximate surface area is 103 Å². The number of H-pyrrole nitrogens is 1. The Kier molecular flexibility index (Phi) is 2.55. The zero-order chi connectivity index (χ0) is 12.5. The zero-order valence-corrected chi connectivity index (χ0v) is 9.57. The number of fused-ring (bicyclic) bond motifs is 1. The molecule has 0 radical (unpaired) electrons. The van der Waals surface area contributed by atoms with Crippen LogP contribution in [-0.2, 0) is 0 Å². The summed E-state index contributed by atoms with van der Waals surface area (Å²) in [6.07, 6.45) is 2.22. The van der Waals surface area contributed by atoms with E-state index in [2.05, 4.69) is 10.2 Å². The van der Waals surface area contributed by atoms with Gasteiger partial charge in [-0.1, -0.05) is 0 Å². The molecular weight excluding hydrogens is 237 g/mol. The number of rotatable bonds is 1. The summed E-state index contributed by atoms with van der Waals surface area (Å²) in [5, 5.41) is 6.36. The van der Waals surface area contributed by atoms with Crippen molar-refractivity contribution in [2.24, 2.45) is 0 Å². The Bertz CT molecular complexity index is 583. The van der Waals surface area contributed by atoms with E-state index >= 15 is 0 Å². The van der Waals surface area contributed by atoms with Crippen molar-refractivity contribution in [3.8, 4) is 22.6 Å². The number of aromatic amines is 1. The standard InChI is InChI=1S/C12H12FN3O2/c13-10-7(8-6-15-16-12(8)14)2-3-9-11(10)18-5-1-4-17-9/h2-3,6H,1,4-5H2,(H3,14,15,16). The number of hydrogen-bond acceptors (Lipinski definition) is 4. The molecule has 0 unspecified atom stereocenters. The maximum atomic E-state index is 14.4. The first-order chi connectivity index (χ1) is 8.77. The van der Waals surface area contributed by atoms with Crippen LogP contribution in [0.5, 0.6) is 11.5 Å². The Balaban J connectivity index is 2.13. The van der Waals surface area contributed by atoms with Gasteiger partial charge in [0.1, 0.15) is 5.82 Å². The van der Waals surface area contributed by atoms with Gasteiger partial charge in [-0.15, -0.1) is 0 Å². The smallest absolute Gasteiger partial charge is 0.197 e. The Hall–Kier alpha value is -2.24. The first-order valence-corrected chi connectivity index (χ1v) is 5.64. The molecule has 1 aliphatic heterocycles. The van der Waals surface area contributed by atoms with Gasteiger partial charge in [0.25, 0.3) is 0 Å². The molecule has 1 aliphatic rings. The molecule has 3 rings (SSSR count). The lowest BCUT2D eigenvalue weighted by atomic mass is 10.1. The second-order valence-electron chi connectivity index (χ2n) is 4.00. The molecule has 5 nitrogen and oxygen atoms in total. The monoisotopic (exact) mass is 249 g/mol. The second kappa shape index (κ2) is 4.21. The zero-order valence-electron chi connectivity index (χ0n) is 9.57. The van der Waals surface area contributed by atoms with Gasteiger partial charge in [-0.25, -0.2) is 4.39 Å². The minimum absolute atomic E-state index is 0.144. The van der Waals surface area contributed by atoms with Crippen LogP contribution in [0.25, 0.3) is 11.1 Å². The van der Waals surface area contributed by atoms with Crippen molar-refractivity contribution in [3.05, 3.63) is 24.1 Å². The van der Waals surface area contributed by atoms with Gasteiger partial charge in [0.2, 0.25) is 0 Å². The summed E-state index contributed by atoms with van der Waals surface area (Å²) in [6.45, 7) is 0.966. The summed E-state index contributed by atoms with van der Waals surface area (Å²) in [4.78, 5) is 0. The molecule has 94 valence electrons. The summed E-state index contributed by atoms with van der Waals surface area (Å²) < 4.78 is 25.2. The van der Waals surface area contributed by atoms with E-state index in [4.69, 9.17) is 15.2 Å². The Morgan fingerprint density at radius 1 is 1.22 bits per heavy atom. The fourth-order valence-corrected chi connectivity index (χ4v) is 1.92. The van der Waals surface area contributed by atoms with Crippen LogP contribution in [0.4, 0.5) is 10.2 Å². The minimum atomic E-state index is -0.470. The van der Waals surface area contributed by atoms with E-state index in [1.54, 1.807) is 12.1 Å². The highest BCUT2D eigenvalue weighted by Gasteiger charge is 2.20. The molecule has 18 heavy (non-hydrogen) atoms. The molecule has 0 fully saturated rings. The molecule has 6 heteroatoms. The van der Waals surface area contributed by atoms with Crippen LogP contribution in [0.1, 0.15) is 6.42 Å². The van der Waals surface area contributed by atoms with Gasteiger partial charge in [0, 0.05) is 17.5 Å². The lowest BCUT2D eigenvalue weighted by Gasteiger charge is -2.10. The highest BCUT2D eigenvalue weighted by Crippen LogP contribution is 2.39. The van der Waals surface area contributed by atoms with Gasteiger partial charge in [-0.05, 0) is 12.1 Å². The van der Waals surface area contributed by atoms with Crippen molar-refractivity contribution < 1.29 is 13.9 Å². The number of nitrogen functional groups attached to an aromatic ring is 1. The highest BCUT2D eigenvalue weighted by atomic mass is 19.1. The third-order valence-electron chi connectivity index (χ3n) is 2.81. The van der Waals surface area contributed by atoms with E-state index in [0.29, 0.717) is 35.9 Å². The molecule has 0 bridgehead atoms. The van der Waals surface area contributed by atoms with Crippen LogP contribution < -0.4 is 15.2 Å². The number of halogens is 1. The largest absolute Gasteiger partial charge is 0.489 e. The summed E-state index contributed by atoms with van der Waals surface area (Å²) in [5.74, 6) is 0.423. The van der Waals surface area contributed by atoms with E-state index in [9.17, 15) is 4.39 Å². The van der Waals surface area contributed by atoms with Crippen molar-refractivity contribution in [2.45, 2.75) is 6.42 Å². The fraction of sp³-hybridized carbons (Fsp3) is 0.250. The van der Waals surface area contributed by atoms with Crippen LogP contribution in [0, 0.1) is 5.82 Å². The second-order valence-corrected chi connectivity index (χ2v) is 4.00. The van der Waals surface area contributed by atoms with Gasteiger partial charge in [0.15, 0.2) is 17.3 Å². The van der Waals surface area contributed by atoms with Gasteiger partial charge >= 0.3 is 0 Å². The number of anilines is 1. The molecule has 0 saturated heterocycles. The van der Waals surface area contributed by atoms with Gasteiger partial charge in [-0.2, -0.15) is 5.10 Å². The molecule has 1 aromatic heterocycles. The summed E-state index contributed by atoms with van der Waals surface area (Å²) in [6, 6.07) is 3.30. The van der Waals surface area contributed by atoms with E-state index < -0.39 is 5.82 Å². The number of nitrogens with zero attached hydrogens (tertiary/aromatic N) is 1. The van der Waals surface area contributed by atoms with Crippen LogP contribution >= 0.6 is 0 Å². The average molecular weight is 249 g/mol. The summed E-state index contributed by atoms with van der Waals surface area (Å²) in [5.41, 5.74) is 6.56. The normalized spacial score (nSPS) is 14.3. The Morgan fingerprint density at radius 3 is 2.83 bits per heavy atom. The highest BCUT2D eigenvalue weighted by molar-refractivity contribution is 5.75. The third kappa shape index (κ3) is 1.66. The van der Waals surface area contributed by atoms with Crippen molar-refractivity contribution in [1.29, 1.82) is 0 Å². The number of ether oxygens (including phenoxy) is 2. The van der Waals surface area contributed by atoms with E-state index in [-0.39, 0.29) is 5.75 Å². The molecule has 0 amide bonds. The van der Waals surface area contributed by atoms with Crippen LogP contribution in [0.3, 0.4) is 0 Å². The number of aromatic nitrogens is 2. The van der Waals surface area contributed by atoms with Crippen LogP contribution in [-0.4, -0.2) is 23.4 Å². The SMILES string of the molecule is Nc1[nH]ncc1-c1ccc2c(c1F)OCCCO2. The number of hydrogen-bond donors (Lipinski definition) is 2. The van der Waals surface area contributed by atoms with Crippen molar-refractivity contribution in [2.75, 3.05) is 18.9 Å². The quantitative estimate of drug-likeness (QED) is 0.810. The van der Waals surface area contributed by atoms with E-state index in [1.807, 2.05) is 0 Å². The first kappa shape index (κ1) is 10.9. The lowest BCUT2D eigenvalue weighted by Crippen LogP contribution is -1.98. The molecule has 2 aromatic rings. The van der Waals surface area contributed by atoms with Crippen LogP contribution in [0.15, 0.2) is 18.3 Å². The summed E-state index contributed by atoms with van der Waals surface area (Å²) >= 11 is 0. The first-order valence-electron chi connectivity index (χ1n) is 5.64. The third-order valence-corrected chi connectivity index (χ3v) is 2.81. The molecular formula is C12H12FN3O2. The average Bonchev–Trinajstić information content (AvgIpc) is 2.65. The van der Waals surface area contributed by atoms with Crippen molar-refractivity contribution in [3.63, 3.8) is 0 Å². The number of benzene rings is 1. The molecule has 0 aliphatic carbocycles. The molecule has 0 atom stereocenters. The van der Waals surface area contributed by atoms with Crippen LogP contribution in [0.2, 0.25) is 0 Å². The Morgan fingerprint density at radius 2 is 2.06 bits per heavy atom. The molecule has 1 aromatic carbocycles. The maximum Gasteiger partial charge on any atom is 0.197 e. The summed E-state index contributed by atoms with van der Waals surface area (Å²) in [7, 11) is 0. The number of nitrogens with two attached hydrogens (primary N) is 1. The predicted molar refractivity (Wildman–Crippen MR) is 64.0 cm³/mol. The topological polar surface area (TPSA) is 73.2 Å². The van der Waals surface area contributed by atoms with E-state index in [0.717, 1.165) is 6.42 Å². The molecule has 0 saturated carbocycles. The van der Waals surface area contributed by atoms with E-state index in [1.165, 1.54) is 6.20 Å². The van der Waals surface area contributed by atoms with Crippen molar-refractivity contribution >= 4 is 5.82 Å². The minimum Gasteiger partial charge on any atom is -0.489 e. The molecule has 2 heterocycles.